The van der Waals surface area contributed by atoms with Gasteiger partial charge >= 0.3 is 0 Å². The fourth-order valence-corrected chi connectivity index (χ4v) is 2.68. The Morgan fingerprint density at radius 1 is 1.33 bits per heavy atom. The first-order chi connectivity index (χ1) is 9.95. The number of H-pyrrole nitrogens is 1. The molecule has 21 heavy (non-hydrogen) atoms. The van der Waals surface area contributed by atoms with Crippen LogP contribution in [0.2, 0.25) is 0 Å². The van der Waals surface area contributed by atoms with E-state index in [1.807, 2.05) is 18.7 Å². The first-order valence-corrected chi connectivity index (χ1v) is 7.90. The van der Waals surface area contributed by atoms with Gasteiger partial charge in [0.05, 0.1) is 6.54 Å². The van der Waals surface area contributed by atoms with Gasteiger partial charge in [0.25, 0.3) is 5.91 Å². The third kappa shape index (κ3) is 4.57. The van der Waals surface area contributed by atoms with Gasteiger partial charge in [0.2, 0.25) is 5.91 Å². The number of piperazine rings is 1. The van der Waals surface area contributed by atoms with Crippen LogP contribution in [0.1, 0.15) is 24.3 Å². The van der Waals surface area contributed by atoms with Gasteiger partial charge in [-0.1, -0.05) is 0 Å². The average Bonchev–Trinajstić information content (AvgIpc) is 2.84. The fraction of sp³-hybridized carbons (Fsp3) is 0.571. The third-order valence-electron chi connectivity index (χ3n) is 3.35. The summed E-state index contributed by atoms with van der Waals surface area (Å²) in [7, 11) is 0. The van der Waals surface area contributed by atoms with Gasteiger partial charge in [0, 0.05) is 42.9 Å². The van der Waals surface area contributed by atoms with Crippen molar-refractivity contribution in [2.45, 2.75) is 19.9 Å². The minimum Gasteiger partial charge on any atom is -0.356 e. The molecule has 7 heteroatoms. The highest BCUT2D eigenvalue weighted by molar-refractivity contribution is 9.10. The second kappa shape index (κ2) is 7.09. The largest absolute Gasteiger partial charge is 0.356 e. The molecule has 1 aliphatic rings. The lowest BCUT2D eigenvalue weighted by Crippen LogP contribution is -2.51. The molecule has 1 aromatic heterocycles. The Morgan fingerprint density at radius 3 is 2.52 bits per heavy atom. The molecule has 2 N–H and O–H groups in total. The topological polar surface area (TPSA) is 68.4 Å². The van der Waals surface area contributed by atoms with Gasteiger partial charge in [0.1, 0.15) is 5.69 Å². The van der Waals surface area contributed by atoms with Crippen LogP contribution in [0.15, 0.2) is 16.7 Å². The highest BCUT2D eigenvalue weighted by Crippen LogP contribution is 2.13. The van der Waals surface area contributed by atoms with Crippen LogP contribution < -0.4 is 5.32 Å². The van der Waals surface area contributed by atoms with Gasteiger partial charge in [-0.2, -0.15) is 0 Å². The zero-order valence-corrected chi connectivity index (χ0v) is 13.9. The Kier molecular flexibility index (Phi) is 5.41. The van der Waals surface area contributed by atoms with Crippen molar-refractivity contribution in [3.05, 3.63) is 22.4 Å². The molecule has 2 amide bonds. The SMILES string of the molecule is CC(C)NC(=O)CN1CCN(C(=O)c2cc(Br)c[nH]2)CC1. The molecule has 1 saturated heterocycles. The molecular formula is C14H21BrN4O2. The maximum Gasteiger partial charge on any atom is 0.270 e. The molecule has 0 aliphatic carbocycles. The lowest BCUT2D eigenvalue weighted by molar-refractivity contribution is -0.123. The number of halogens is 1. The number of hydrogen-bond donors (Lipinski definition) is 2. The van der Waals surface area contributed by atoms with E-state index in [4.69, 9.17) is 0 Å². The summed E-state index contributed by atoms with van der Waals surface area (Å²) in [5, 5.41) is 2.88. The van der Waals surface area contributed by atoms with Gasteiger partial charge in [-0.05, 0) is 35.8 Å². The van der Waals surface area contributed by atoms with Crippen LogP contribution in [0.3, 0.4) is 0 Å². The average molecular weight is 357 g/mol. The molecule has 116 valence electrons. The van der Waals surface area contributed by atoms with Gasteiger partial charge in [0.15, 0.2) is 0 Å². The van der Waals surface area contributed by atoms with Crippen LogP contribution in [0.4, 0.5) is 0 Å². The molecule has 1 aromatic rings. The maximum absolute atomic E-state index is 12.3. The molecule has 2 rings (SSSR count). The molecule has 0 aromatic carbocycles. The molecule has 6 nitrogen and oxygen atoms in total. The summed E-state index contributed by atoms with van der Waals surface area (Å²) < 4.78 is 0.870. The lowest BCUT2D eigenvalue weighted by Gasteiger charge is -2.34. The third-order valence-corrected chi connectivity index (χ3v) is 3.81. The molecule has 0 bridgehead atoms. The number of carbonyl (C=O) groups excluding carboxylic acids is 2. The van der Waals surface area contributed by atoms with Crippen molar-refractivity contribution in [3.63, 3.8) is 0 Å². The summed E-state index contributed by atoms with van der Waals surface area (Å²) in [6.45, 7) is 7.02. The van der Waals surface area contributed by atoms with E-state index >= 15 is 0 Å². The van der Waals surface area contributed by atoms with Crippen molar-refractivity contribution in [3.8, 4) is 0 Å². The minimum absolute atomic E-state index is 0.00646. The number of rotatable bonds is 4. The van der Waals surface area contributed by atoms with Crippen molar-refractivity contribution in [2.75, 3.05) is 32.7 Å². The maximum atomic E-state index is 12.3. The predicted octanol–water partition coefficient (Wildman–Crippen LogP) is 1.06. The molecule has 2 heterocycles. The van der Waals surface area contributed by atoms with Crippen LogP contribution in [0, 0.1) is 0 Å². The number of amides is 2. The van der Waals surface area contributed by atoms with E-state index in [1.165, 1.54) is 0 Å². The zero-order valence-electron chi connectivity index (χ0n) is 12.4. The summed E-state index contributed by atoms with van der Waals surface area (Å²) in [5.74, 6) is 0.0463. The monoisotopic (exact) mass is 356 g/mol. The molecule has 0 unspecified atom stereocenters. The van der Waals surface area contributed by atoms with Crippen molar-refractivity contribution in [1.29, 1.82) is 0 Å². The summed E-state index contributed by atoms with van der Waals surface area (Å²) in [6.07, 6.45) is 1.75. The molecule has 1 aliphatic heterocycles. The van der Waals surface area contributed by atoms with Crippen LogP contribution in [0.5, 0.6) is 0 Å². The van der Waals surface area contributed by atoms with E-state index in [-0.39, 0.29) is 17.9 Å². The Balaban J connectivity index is 1.80. The van der Waals surface area contributed by atoms with Crippen molar-refractivity contribution in [2.24, 2.45) is 0 Å². The number of nitrogens with one attached hydrogen (secondary N) is 2. The fourth-order valence-electron chi connectivity index (χ4n) is 2.34. The quantitative estimate of drug-likeness (QED) is 0.847. The van der Waals surface area contributed by atoms with Crippen LogP contribution in [-0.2, 0) is 4.79 Å². The van der Waals surface area contributed by atoms with Crippen LogP contribution >= 0.6 is 15.9 Å². The number of aromatic nitrogens is 1. The second-order valence-corrected chi connectivity index (χ2v) is 6.44. The smallest absolute Gasteiger partial charge is 0.270 e. The Bertz CT molecular complexity index is 507. The molecule has 1 fully saturated rings. The van der Waals surface area contributed by atoms with E-state index in [0.29, 0.717) is 25.3 Å². The van der Waals surface area contributed by atoms with E-state index in [1.54, 1.807) is 12.3 Å². The first-order valence-electron chi connectivity index (χ1n) is 7.10. The van der Waals surface area contributed by atoms with Crippen LogP contribution in [0.25, 0.3) is 0 Å². The Labute approximate surface area is 133 Å². The summed E-state index contributed by atoms with van der Waals surface area (Å²) in [5.41, 5.74) is 0.591. The predicted molar refractivity (Wildman–Crippen MR) is 84.1 cm³/mol. The van der Waals surface area contributed by atoms with Gasteiger partial charge in [-0.25, -0.2) is 0 Å². The molecule has 0 atom stereocenters. The molecule has 0 spiro atoms. The summed E-state index contributed by atoms with van der Waals surface area (Å²) in [6, 6.07) is 1.94. The number of nitrogens with zero attached hydrogens (tertiary/aromatic N) is 2. The normalized spacial score (nSPS) is 16.3. The van der Waals surface area contributed by atoms with E-state index < -0.39 is 0 Å². The van der Waals surface area contributed by atoms with Crippen molar-refractivity contribution >= 4 is 27.7 Å². The highest BCUT2D eigenvalue weighted by atomic mass is 79.9. The van der Waals surface area contributed by atoms with Crippen LogP contribution in [-0.4, -0.2) is 65.4 Å². The van der Waals surface area contributed by atoms with E-state index in [0.717, 1.165) is 17.6 Å². The first kappa shape index (κ1) is 16.0. The molecule has 0 radical (unpaired) electrons. The van der Waals surface area contributed by atoms with Crippen molar-refractivity contribution in [1.82, 2.24) is 20.1 Å². The number of carbonyl (C=O) groups is 2. The van der Waals surface area contributed by atoms with E-state index in [2.05, 4.69) is 31.1 Å². The van der Waals surface area contributed by atoms with Gasteiger partial charge in [-0.3, -0.25) is 14.5 Å². The van der Waals surface area contributed by atoms with Gasteiger partial charge < -0.3 is 15.2 Å². The molecule has 0 saturated carbocycles. The summed E-state index contributed by atoms with van der Waals surface area (Å²) in [4.78, 5) is 30.8. The van der Waals surface area contributed by atoms with E-state index in [9.17, 15) is 9.59 Å². The standard InChI is InChI=1S/C14H21BrN4O2/c1-10(2)17-13(20)9-18-3-5-19(6-4-18)14(21)12-7-11(15)8-16-12/h7-8,10,16H,3-6,9H2,1-2H3,(H,17,20). The number of aromatic amines is 1. The number of hydrogen-bond acceptors (Lipinski definition) is 3. The minimum atomic E-state index is 0.00646. The summed E-state index contributed by atoms with van der Waals surface area (Å²) >= 11 is 3.33. The lowest BCUT2D eigenvalue weighted by atomic mass is 10.2. The molecular weight excluding hydrogens is 336 g/mol. The van der Waals surface area contributed by atoms with Crippen molar-refractivity contribution < 1.29 is 9.59 Å². The zero-order chi connectivity index (χ0) is 15.4. The second-order valence-electron chi connectivity index (χ2n) is 5.52. The Morgan fingerprint density at radius 2 is 2.00 bits per heavy atom. The Hall–Kier alpha value is -1.34. The highest BCUT2D eigenvalue weighted by Gasteiger charge is 2.24. The van der Waals surface area contributed by atoms with Gasteiger partial charge in [-0.15, -0.1) is 0 Å².